The quantitative estimate of drug-likeness (QED) is 0.764. The van der Waals surface area contributed by atoms with Crippen LogP contribution in [0.2, 0.25) is 18.1 Å². The van der Waals surface area contributed by atoms with E-state index in [1.54, 1.807) is 0 Å². The number of hydrogen-bond acceptors (Lipinski definition) is 2. The Morgan fingerprint density at radius 3 is 2.57 bits per heavy atom. The molecular weight excluding hydrogens is 278 g/mol. The van der Waals surface area contributed by atoms with E-state index in [1.165, 1.54) is 5.57 Å². The van der Waals surface area contributed by atoms with Gasteiger partial charge in [0.05, 0.1) is 5.92 Å². The van der Waals surface area contributed by atoms with Crippen molar-refractivity contribution in [1.82, 2.24) is 5.32 Å². The second-order valence-electron chi connectivity index (χ2n) is 7.87. The monoisotopic (exact) mass is 307 g/mol. The van der Waals surface area contributed by atoms with Crippen LogP contribution in [0.5, 0.6) is 0 Å². The van der Waals surface area contributed by atoms with Crippen molar-refractivity contribution in [3.05, 3.63) is 23.1 Å². The highest BCUT2D eigenvalue weighted by Gasteiger charge is 2.41. The van der Waals surface area contributed by atoms with Gasteiger partial charge in [0, 0.05) is 5.70 Å². The third-order valence-electron chi connectivity index (χ3n) is 5.08. The third-order valence-corrected chi connectivity index (χ3v) is 9.42. The molecule has 1 unspecified atom stereocenters. The average Bonchev–Trinajstić information content (AvgIpc) is 2.46. The lowest BCUT2D eigenvalue weighted by Crippen LogP contribution is -2.40. The molecule has 0 radical (unpaired) electrons. The number of carbonyl (C=O) groups excluding carboxylic acids is 1. The van der Waals surface area contributed by atoms with Crippen molar-refractivity contribution in [2.45, 2.75) is 71.5 Å². The van der Waals surface area contributed by atoms with Gasteiger partial charge < -0.3 is 9.74 Å². The molecule has 0 spiro atoms. The SMILES string of the molecule is CC1=CC(O[Si](C)(C)C(C)(C)C)=C2CCCCC2C(=O)N1. The first-order valence-electron chi connectivity index (χ1n) is 8.03. The fourth-order valence-corrected chi connectivity index (χ4v) is 3.77. The van der Waals surface area contributed by atoms with Gasteiger partial charge in [-0.25, -0.2) is 0 Å². The van der Waals surface area contributed by atoms with Crippen LogP contribution in [0.1, 0.15) is 53.4 Å². The van der Waals surface area contributed by atoms with E-state index < -0.39 is 8.32 Å². The van der Waals surface area contributed by atoms with Crippen molar-refractivity contribution in [1.29, 1.82) is 0 Å². The van der Waals surface area contributed by atoms with Gasteiger partial charge in [-0.3, -0.25) is 4.79 Å². The van der Waals surface area contributed by atoms with Crippen LogP contribution >= 0.6 is 0 Å². The van der Waals surface area contributed by atoms with Gasteiger partial charge >= 0.3 is 0 Å². The molecule has 4 heteroatoms. The minimum absolute atomic E-state index is 0.00668. The van der Waals surface area contributed by atoms with Gasteiger partial charge in [-0.2, -0.15) is 0 Å². The number of amides is 1. The fraction of sp³-hybridized carbons (Fsp3) is 0.706. The molecule has 1 aliphatic carbocycles. The summed E-state index contributed by atoms with van der Waals surface area (Å²) < 4.78 is 6.56. The van der Waals surface area contributed by atoms with Gasteiger partial charge in [0.1, 0.15) is 5.76 Å². The van der Waals surface area contributed by atoms with E-state index in [0.717, 1.165) is 37.1 Å². The van der Waals surface area contributed by atoms with Crippen molar-refractivity contribution < 1.29 is 9.22 Å². The Bertz CT molecular complexity index is 497. The lowest BCUT2D eigenvalue weighted by molar-refractivity contribution is -0.123. The maximum atomic E-state index is 12.3. The number of allylic oxidation sites excluding steroid dienone is 2. The molecule has 1 saturated carbocycles. The molecule has 1 atom stereocenters. The highest BCUT2D eigenvalue weighted by molar-refractivity contribution is 6.74. The maximum absolute atomic E-state index is 12.3. The molecule has 1 aliphatic heterocycles. The van der Waals surface area contributed by atoms with Crippen LogP contribution in [-0.2, 0) is 9.22 Å². The predicted molar refractivity (Wildman–Crippen MR) is 89.2 cm³/mol. The molecule has 0 aromatic heterocycles. The minimum Gasteiger partial charge on any atom is -0.543 e. The van der Waals surface area contributed by atoms with E-state index in [-0.39, 0.29) is 16.9 Å². The average molecular weight is 308 g/mol. The molecule has 118 valence electrons. The van der Waals surface area contributed by atoms with E-state index in [1.807, 2.05) is 13.0 Å². The first kappa shape index (κ1) is 16.3. The van der Waals surface area contributed by atoms with Crippen LogP contribution in [0.25, 0.3) is 0 Å². The number of nitrogens with one attached hydrogen (secondary N) is 1. The van der Waals surface area contributed by atoms with Crippen molar-refractivity contribution in [2.75, 3.05) is 0 Å². The largest absolute Gasteiger partial charge is 0.543 e. The first-order valence-corrected chi connectivity index (χ1v) is 10.9. The van der Waals surface area contributed by atoms with Crippen molar-refractivity contribution in [3.63, 3.8) is 0 Å². The van der Waals surface area contributed by atoms with Crippen LogP contribution in [0.15, 0.2) is 23.1 Å². The number of rotatable bonds is 2. The Hall–Kier alpha value is -1.03. The Morgan fingerprint density at radius 1 is 1.29 bits per heavy atom. The zero-order valence-electron chi connectivity index (χ0n) is 14.3. The summed E-state index contributed by atoms with van der Waals surface area (Å²) in [7, 11) is -1.88. The first-order chi connectivity index (χ1) is 9.62. The summed E-state index contributed by atoms with van der Waals surface area (Å²) in [5, 5.41) is 3.17. The van der Waals surface area contributed by atoms with Crippen LogP contribution < -0.4 is 5.32 Å². The van der Waals surface area contributed by atoms with Crippen LogP contribution in [-0.4, -0.2) is 14.2 Å². The van der Waals surface area contributed by atoms with Crippen molar-refractivity contribution in [3.8, 4) is 0 Å². The Kier molecular flexibility index (Phi) is 4.38. The molecule has 1 heterocycles. The van der Waals surface area contributed by atoms with E-state index >= 15 is 0 Å². The van der Waals surface area contributed by atoms with Gasteiger partial charge in [-0.05, 0) is 56.0 Å². The zero-order chi connectivity index (χ0) is 15.8. The molecule has 3 nitrogen and oxygen atoms in total. The smallest absolute Gasteiger partial charge is 0.250 e. The lowest BCUT2D eigenvalue weighted by atomic mass is 9.83. The number of carbonyl (C=O) groups is 1. The predicted octanol–water partition coefficient (Wildman–Crippen LogP) is 4.49. The number of hydrogen-bond donors (Lipinski definition) is 1. The van der Waals surface area contributed by atoms with Gasteiger partial charge in [0.25, 0.3) is 0 Å². The highest BCUT2D eigenvalue weighted by Crippen LogP contribution is 2.41. The van der Waals surface area contributed by atoms with Crippen molar-refractivity contribution >= 4 is 14.2 Å². The summed E-state index contributed by atoms with van der Waals surface area (Å²) in [6.45, 7) is 13.2. The van der Waals surface area contributed by atoms with Gasteiger partial charge in [0.2, 0.25) is 14.2 Å². The molecule has 2 rings (SSSR count). The topological polar surface area (TPSA) is 38.3 Å². The molecule has 1 amide bonds. The molecular formula is C17H29NO2Si. The normalized spacial score (nSPS) is 24.0. The van der Waals surface area contributed by atoms with E-state index in [0.29, 0.717) is 0 Å². The molecule has 1 fully saturated rings. The lowest BCUT2D eigenvalue weighted by Gasteiger charge is -2.38. The Balaban J connectivity index is 2.41. The number of fused-ring (bicyclic) bond motifs is 1. The van der Waals surface area contributed by atoms with Gasteiger partial charge in [-0.15, -0.1) is 0 Å². The van der Waals surface area contributed by atoms with Gasteiger partial charge in [0.15, 0.2) is 0 Å². The summed E-state index contributed by atoms with van der Waals surface area (Å²) in [4.78, 5) is 12.3. The molecule has 21 heavy (non-hydrogen) atoms. The molecule has 0 bridgehead atoms. The van der Waals surface area contributed by atoms with Crippen LogP contribution in [0.4, 0.5) is 0 Å². The van der Waals surface area contributed by atoms with Gasteiger partial charge in [-0.1, -0.05) is 27.2 Å². The van der Waals surface area contributed by atoms with Crippen molar-refractivity contribution in [2.24, 2.45) is 5.92 Å². The van der Waals surface area contributed by atoms with Crippen LogP contribution in [0.3, 0.4) is 0 Å². The third kappa shape index (κ3) is 3.42. The minimum atomic E-state index is -1.88. The fourth-order valence-electron chi connectivity index (χ4n) is 2.73. The molecule has 1 N–H and O–H groups in total. The summed E-state index contributed by atoms with van der Waals surface area (Å²) in [5.41, 5.74) is 2.12. The molecule has 0 aromatic rings. The standard InChI is InChI=1S/C17H29NO2Si/c1-12-11-15(20-21(5,6)17(2,3)4)13-9-7-8-10-14(13)16(19)18-12/h11,14H,7-10H2,1-6H3,(H,18,19). The van der Waals surface area contributed by atoms with E-state index in [9.17, 15) is 4.79 Å². The summed E-state index contributed by atoms with van der Waals surface area (Å²) >= 11 is 0. The molecule has 2 aliphatic rings. The molecule has 0 aromatic carbocycles. The second-order valence-corrected chi connectivity index (χ2v) is 12.6. The van der Waals surface area contributed by atoms with Crippen LogP contribution in [0, 0.1) is 5.92 Å². The second kappa shape index (κ2) is 5.63. The zero-order valence-corrected chi connectivity index (χ0v) is 15.3. The Labute approximate surface area is 130 Å². The summed E-state index contributed by atoms with van der Waals surface area (Å²) in [5.74, 6) is 1.13. The summed E-state index contributed by atoms with van der Waals surface area (Å²) in [6, 6.07) is 0. The van der Waals surface area contributed by atoms with E-state index in [4.69, 9.17) is 4.43 Å². The summed E-state index contributed by atoms with van der Waals surface area (Å²) in [6.07, 6.45) is 6.28. The molecule has 0 saturated heterocycles. The van der Waals surface area contributed by atoms with E-state index in [2.05, 4.69) is 39.2 Å². The Morgan fingerprint density at radius 2 is 1.95 bits per heavy atom. The maximum Gasteiger partial charge on any atom is 0.250 e. The highest BCUT2D eigenvalue weighted by atomic mass is 28.4.